The second kappa shape index (κ2) is 5.48. The summed E-state index contributed by atoms with van der Waals surface area (Å²) in [7, 11) is -2.86. The maximum absolute atomic E-state index is 11.7. The number of aryl methyl sites for hydroxylation is 1. The molecule has 0 aliphatic carbocycles. The second-order valence-corrected chi connectivity index (χ2v) is 8.32. The number of hydrogen-bond donors (Lipinski definition) is 1. The highest BCUT2D eigenvalue weighted by atomic mass is 32.2. The third-order valence-electron chi connectivity index (χ3n) is 4.52. The van der Waals surface area contributed by atoms with E-state index >= 15 is 0 Å². The molecule has 0 spiro atoms. The molecule has 0 saturated carbocycles. The Morgan fingerprint density at radius 1 is 1.35 bits per heavy atom. The average molecular weight is 298 g/mol. The lowest BCUT2D eigenvalue weighted by Gasteiger charge is -2.27. The van der Waals surface area contributed by atoms with E-state index in [4.69, 9.17) is 0 Å². The van der Waals surface area contributed by atoms with Gasteiger partial charge in [0, 0.05) is 18.3 Å². The van der Waals surface area contributed by atoms with Gasteiger partial charge in [0.05, 0.1) is 24.2 Å². The van der Waals surface area contributed by atoms with Gasteiger partial charge < -0.3 is 9.67 Å². The van der Waals surface area contributed by atoms with Gasteiger partial charge in [0.2, 0.25) is 0 Å². The fourth-order valence-electron chi connectivity index (χ4n) is 3.58. The molecule has 5 nitrogen and oxygen atoms in total. The van der Waals surface area contributed by atoms with Crippen LogP contribution in [0.4, 0.5) is 0 Å². The van der Waals surface area contributed by atoms with Crippen LogP contribution >= 0.6 is 0 Å². The van der Waals surface area contributed by atoms with Gasteiger partial charge in [-0.3, -0.25) is 0 Å². The minimum atomic E-state index is -2.86. The molecule has 3 heterocycles. The van der Waals surface area contributed by atoms with Crippen molar-refractivity contribution < 1.29 is 13.5 Å². The van der Waals surface area contributed by atoms with Crippen LogP contribution in [-0.4, -0.2) is 41.2 Å². The first kappa shape index (κ1) is 14.1. The lowest BCUT2D eigenvalue weighted by atomic mass is 9.99. The number of imidazole rings is 1. The first-order valence-electron chi connectivity index (χ1n) is 7.45. The third kappa shape index (κ3) is 2.76. The Morgan fingerprint density at radius 2 is 2.20 bits per heavy atom. The Bertz CT molecular complexity index is 579. The normalized spacial score (nSPS) is 29.1. The standard InChI is InChI=1S/C14H22N2O3S/c17-9-13-5-1-4-12-8-15-14(16(12)13)7-11-3-2-6-20(18,19)10-11/h8,11,13,17H,1-7,9-10H2. The highest BCUT2D eigenvalue weighted by Gasteiger charge is 2.28. The van der Waals surface area contributed by atoms with Crippen LogP contribution < -0.4 is 0 Å². The number of aliphatic hydroxyl groups excluding tert-OH is 1. The number of fused-ring (bicyclic) bond motifs is 1. The van der Waals surface area contributed by atoms with Crippen LogP contribution in [0, 0.1) is 5.92 Å². The summed E-state index contributed by atoms with van der Waals surface area (Å²) in [5, 5.41) is 9.53. The average Bonchev–Trinajstić information content (AvgIpc) is 2.81. The number of hydrogen-bond acceptors (Lipinski definition) is 4. The maximum Gasteiger partial charge on any atom is 0.150 e. The summed E-state index contributed by atoms with van der Waals surface area (Å²) in [5.41, 5.74) is 1.18. The molecule has 112 valence electrons. The summed E-state index contributed by atoms with van der Waals surface area (Å²) < 4.78 is 25.6. The molecule has 1 saturated heterocycles. The topological polar surface area (TPSA) is 72.2 Å². The van der Waals surface area contributed by atoms with Crippen molar-refractivity contribution in [3.05, 3.63) is 17.7 Å². The molecule has 0 amide bonds. The van der Waals surface area contributed by atoms with Gasteiger partial charge in [0.15, 0.2) is 9.84 Å². The molecule has 2 aliphatic rings. The van der Waals surface area contributed by atoms with E-state index in [1.54, 1.807) is 0 Å². The molecule has 1 aromatic heterocycles. The highest BCUT2D eigenvalue weighted by molar-refractivity contribution is 7.91. The lowest BCUT2D eigenvalue weighted by Crippen LogP contribution is -2.29. The Balaban J connectivity index is 1.80. The first-order chi connectivity index (χ1) is 9.59. The Hall–Kier alpha value is -0.880. The SMILES string of the molecule is O=S1(=O)CCCC(Cc2ncc3n2C(CO)CCC3)C1. The van der Waals surface area contributed by atoms with Crippen LogP contribution in [0.25, 0.3) is 0 Å². The molecule has 0 aromatic carbocycles. The molecular formula is C14H22N2O3S. The Kier molecular flexibility index (Phi) is 3.86. The Morgan fingerprint density at radius 3 is 2.95 bits per heavy atom. The van der Waals surface area contributed by atoms with E-state index in [0.717, 1.165) is 44.3 Å². The fraction of sp³-hybridized carbons (Fsp3) is 0.786. The van der Waals surface area contributed by atoms with E-state index in [0.29, 0.717) is 11.5 Å². The molecule has 0 radical (unpaired) electrons. The van der Waals surface area contributed by atoms with Crippen molar-refractivity contribution in [2.75, 3.05) is 18.1 Å². The van der Waals surface area contributed by atoms with Crippen molar-refractivity contribution in [2.45, 2.75) is 44.6 Å². The van der Waals surface area contributed by atoms with Gasteiger partial charge in [0.1, 0.15) is 5.82 Å². The minimum absolute atomic E-state index is 0.122. The summed E-state index contributed by atoms with van der Waals surface area (Å²) in [6.07, 6.45) is 7.43. The van der Waals surface area contributed by atoms with Crippen LogP contribution in [0.3, 0.4) is 0 Å². The number of aromatic nitrogens is 2. The monoisotopic (exact) mass is 298 g/mol. The van der Waals surface area contributed by atoms with Crippen LogP contribution in [0.15, 0.2) is 6.20 Å². The van der Waals surface area contributed by atoms with E-state index in [1.165, 1.54) is 5.69 Å². The summed E-state index contributed by atoms with van der Waals surface area (Å²) in [6.45, 7) is 0.138. The first-order valence-corrected chi connectivity index (χ1v) is 9.27. The molecule has 2 aliphatic heterocycles. The van der Waals surface area contributed by atoms with Crippen molar-refractivity contribution in [3.63, 3.8) is 0 Å². The van der Waals surface area contributed by atoms with E-state index in [9.17, 15) is 13.5 Å². The van der Waals surface area contributed by atoms with Crippen molar-refractivity contribution in [1.82, 2.24) is 9.55 Å². The molecular weight excluding hydrogens is 276 g/mol. The molecule has 2 atom stereocenters. The van der Waals surface area contributed by atoms with Crippen LogP contribution in [0.1, 0.15) is 43.2 Å². The van der Waals surface area contributed by atoms with Crippen LogP contribution in [0.2, 0.25) is 0 Å². The van der Waals surface area contributed by atoms with Crippen molar-refractivity contribution >= 4 is 9.84 Å². The molecule has 1 fully saturated rings. The van der Waals surface area contributed by atoms with Crippen molar-refractivity contribution in [1.29, 1.82) is 0 Å². The summed E-state index contributed by atoms with van der Waals surface area (Å²) in [5.74, 6) is 1.77. The van der Waals surface area contributed by atoms with Gasteiger partial charge in [-0.25, -0.2) is 13.4 Å². The smallest absolute Gasteiger partial charge is 0.150 e. The highest BCUT2D eigenvalue weighted by Crippen LogP contribution is 2.29. The van der Waals surface area contributed by atoms with Gasteiger partial charge >= 0.3 is 0 Å². The van der Waals surface area contributed by atoms with Crippen molar-refractivity contribution in [2.24, 2.45) is 5.92 Å². The molecule has 0 bridgehead atoms. The quantitative estimate of drug-likeness (QED) is 0.907. The summed E-state index contributed by atoms with van der Waals surface area (Å²) >= 11 is 0. The van der Waals surface area contributed by atoms with Crippen molar-refractivity contribution in [3.8, 4) is 0 Å². The number of rotatable bonds is 3. The largest absolute Gasteiger partial charge is 0.394 e. The molecule has 1 aromatic rings. The fourth-order valence-corrected chi connectivity index (χ4v) is 5.35. The number of sulfone groups is 1. The molecule has 2 unspecified atom stereocenters. The zero-order chi connectivity index (χ0) is 14.2. The van der Waals surface area contributed by atoms with E-state index in [-0.39, 0.29) is 18.6 Å². The van der Waals surface area contributed by atoms with E-state index in [2.05, 4.69) is 9.55 Å². The predicted molar refractivity (Wildman–Crippen MR) is 76.4 cm³/mol. The predicted octanol–water partition coefficient (Wildman–Crippen LogP) is 1.12. The van der Waals surface area contributed by atoms with Gasteiger partial charge in [0.25, 0.3) is 0 Å². The Labute approximate surface area is 119 Å². The molecule has 20 heavy (non-hydrogen) atoms. The van der Waals surface area contributed by atoms with Gasteiger partial charge in [-0.2, -0.15) is 0 Å². The van der Waals surface area contributed by atoms with E-state index in [1.807, 2.05) is 6.20 Å². The van der Waals surface area contributed by atoms with Gasteiger partial charge in [-0.05, 0) is 38.0 Å². The summed E-state index contributed by atoms with van der Waals surface area (Å²) in [6, 6.07) is 0.122. The minimum Gasteiger partial charge on any atom is -0.394 e. The maximum atomic E-state index is 11.7. The molecule has 3 rings (SSSR count). The zero-order valence-corrected chi connectivity index (χ0v) is 12.5. The van der Waals surface area contributed by atoms with Crippen LogP contribution in [0.5, 0.6) is 0 Å². The number of aliphatic hydroxyl groups is 1. The molecule has 1 N–H and O–H groups in total. The zero-order valence-electron chi connectivity index (χ0n) is 11.7. The van der Waals surface area contributed by atoms with Crippen LogP contribution in [-0.2, 0) is 22.7 Å². The van der Waals surface area contributed by atoms with Gasteiger partial charge in [-0.1, -0.05) is 0 Å². The van der Waals surface area contributed by atoms with E-state index < -0.39 is 9.84 Å². The molecule has 6 heteroatoms. The lowest BCUT2D eigenvalue weighted by molar-refractivity contribution is 0.203. The second-order valence-electron chi connectivity index (χ2n) is 6.09. The third-order valence-corrected chi connectivity index (χ3v) is 6.41. The summed E-state index contributed by atoms with van der Waals surface area (Å²) in [4.78, 5) is 4.49. The van der Waals surface area contributed by atoms with Gasteiger partial charge in [-0.15, -0.1) is 0 Å². The number of nitrogens with zero attached hydrogens (tertiary/aromatic N) is 2.